The molecule has 4 heteroatoms. The van der Waals surface area contributed by atoms with Crippen molar-refractivity contribution >= 4 is 5.97 Å². The van der Waals surface area contributed by atoms with Crippen molar-refractivity contribution in [1.29, 1.82) is 0 Å². The minimum Gasteiger partial charge on any atom is -0.508 e. The summed E-state index contributed by atoms with van der Waals surface area (Å²) in [6.45, 7) is 1.38. The van der Waals surface area contributed by atoms with Gasteiger partial charge in [0, 0.05) is 0 Å². The molecule has 0 aromatic rings. The van der Waals surface area contributed by atoms with Crippen LogP contribution in [0.25, 0.3) is 0 Å². The zero-order valence-electron chi connectivity index (χ0n) is 6.56. The van der Waals surface area contributed by atoms with Crippen LogP contribution < -0.4 is 0 Å². The summed E-state index contributed by atoms with van der Waals surface area (Å²) in [5.41, 5.74) is -1.42. The first-order chi connectivity index (χ1) is 5.43. The van der Waals surface area contributed by atoms with Gasteiger partial charge in [-0.05, 0) is 25.2 Å². The SMILES string of the molecule is CC1(O)C=CC(O)=CC1C(=O)O. The number of carboxylic acid groups (broad SMARTS) is 1. The molecule has 1 aliphatic carbocycles. The Morgan fingerprint density at radius 3 is 2.67 bits per heavy atom. The lowest BCUT2D eigenvalue weighted by molar-refractivity contribution is -0.145. The Hall–Kier alpha value is -1.29. The second kappa shape index (κ2) is 2.64. The Bertz CT molecular complexity index is 262. The van der Waals surface area contributed by atoms with Crippen molar-refractivity contribution < 1.29 is 20.1 Å². The summed E-state index contributed by atoms with van der Waals surface area (Å²) in [6, 6.07) is 0. The third-order valence-electron chi connectivity index (χ3n) is 1.82. The molecule has 66 valence electrons. The molecule has 2 atom stereocenters. The second-order valence-corrected chi connectivity index (χ2v) is 2.97. The van der Waals surface area contributed by atoms with Crippen molar-refractivity contribution in [3.63, 3.8) is 0 Å². The van der Waals surface area contributed by atoms with Crippen molar-refractivity contribution in [1.82, 2.24) is 0 Å². The molecule has 0 saturated carbocycles. The molecule has 12 heavy (non-hydrogen) atoms. The second-order valence-electron chi connectivity index (χ2n) is 2.97. The predicted molar refractivity (Wildman–Crippen MR) is 41.6 cm³/mol. The molecule has 0 saturated heterocycles. The van der Waals surface area contributed by atoms with E-state index in [9.17, 15) is 9.90 Å². The van der Waals surface area contributed by atoms with Gasteiger partial charge in [0.2, 0.25) is 0 Å². The average molecular weight is 170 g/mol. The minimum atomic E-state index is -1.42. The summed E-state index contributed by atoms with van der Waals surface area (Å²) in [7, 11) is 0. The zero-order valence-corrected chi connectivity index (χ0v) is 6.56. The number of aliphatic hydroxyl groups is 2. The lowest BCUT2D eigenvalue weighted by atomic mass is 9.85. The summed E-state index contributed by atoms with van der Waals surface area (Å²) in [6.07, 6.45) is 3.66. The van der Waals surface area contributed by atoms with E-state index < -0.39 is 17.5 Å². The van der Waals surface area contributed by atoms with Crippen LogP contribution in [0.1, 0.15) is 6.92 Å². The van der Waals surface area contributed by atoms with Crippen molar-refractivity contribution in [2.45, 2.75) is 12.5 Å². The van der Waals surface area contributed by atoms with Crippen molar-refractivity contribution in [2.24, 2.45) is 5.92 Å². The number of hydrogen-bond donors (Lipinski definition) is 3. The van der Waals surface area contributed by atoms with Gasteiger partial charge < -0.3 is 15.3 Å². The van der Waals surface area contributed by atoms with Crippen LogP contribution in [0.3, 0.4) is 0 Å². The fraction of sp³-hybridized carbons (Fsp3) is 0.375. The number of aliphatic hydroxyl groups excluding tert-OH is 1. The first kappa shape index (κ1) is 8.80. The number of carbonyl (C=O) groups is 1. The molecule has 1 aliphatic rings. The number of rotatable bonds is 1. The van der Waals surface area contributed by atoms with Crippen LogP contribution in [0.4, 0.5) is 0 Å². The quantitative estimate of drug-likeness (QED) is 0.534. The van der Waals surface area contributed by atoms with Crippen LogP contribution in [0.2, 0.25) is 0 Å². The zero-order chi connectivity index (χ0) is 9.35. The van der Waals surface area contributed by atoms with Crippen LogP contribution in [0.5, 0.6) is 0 Å². The van der Waals surface area contributed by atoms with E-state index in [2.05, 4.69) is 0 Å². The minimum absolute atomic E-state index is 0.131. The first-order valence-electron chi connectivity index (χ1n) is 3.48. The van der Waals surface area contributed by atoms with E-state index >= 15 is 0 Å². The highest BCUT2D eigenvalue weighted by Crippen LogP contribution is 2.25. The summed E-state index contributed by atoms with van der Waals surface area (Å²) in [5, 5.41) is 27.1. The summed E-state index contributed by atoms with van der Waals surface area (Å²) < 4.78 is 0. The largest absolute Gasteiger partial charge is 0.508 e. The van der Waals surface area contributed by atoms with Gasteiger partial charge in [0.25, 0.3) is 0 Å². The molecule has 1 rings (SSSR count). The highest BCUT2D eigenvalue weighted by molar-refractivity contribution is 5.75. The smallest absolute Gasteiger partial charge is 0.313 e. The van der Waals surface area contributed by atoms with Gasteiger partial charge in [0.1, 0.15) is 11.7 Å². The third kappa shape index (κ3) is 1.48. The number of carboxylic acids is 1. The summed E-state index contributed by atoms with van der Waals surface area (Å²) in [4.78, 5) is 10.6. The maximum absolute atomic E-state index is 10.6. The van der Waals surface area contributed by atoms with Gasteiger partial charge in [-0.25, -0.2) is 0 Å². The van der Waals surface area contributed by atoms with E-state index in [1.807, 2.05) is 0 Å². The standard InChI is InChI=1S/C8H10O4/c1-8(12)3-2-5(9)4-6(8)7(10)11/h2-4,6,9,12H,1H3,(H,10,11). The number of aliphatic carboxylic acids is 1. The van der Waals surface area contributed by atoms with E-state index in [0.717, 1.165) is 6.08 Å². The molecule has 4 nitrogen and oxygen atoms in total. The highest BCUT2D eigenvalue weighted by atomic mass is 16.4. The molecular formula is C8H10O4. The van der Waals surface area contributed by atoms with Crippen LogP contribution in [0.15, 0.2) is 24.0 Å². The molecule has 0 amide bonds. The highest BCUT2D eigenvalue weighted by Gasteiger charge is 2.36. The van der Waals surface area contributed by atoms with Gasteiger partial charge >= 0.3 is 5.97 Å². The van der Waals surface area contributed by atoms with Gasteiger partial charge in [0.15, 0.2) is 0 Å². The van der Waals surface area contributed by atoms with E-state index in [1.165, 1.54) is 19.1 Å². The lowest BCUT2D eigenvalue weighted by Crippen LogP contribution is -2.38. The fourth-order valence-electron chi connectivity index (χ4n) is 1.07. The molecule has 0 aliphatic heterocycles. The lowest BCUT2D eigenvalue weighted by Gasteiger charge is -2.26. The Balaban J connectivity index is 2.98. The topological polar surface area (TPSA) is 77.8 Å². The summed E-state index contributed by atoms with van der Waals surface area (Å²) >= 11 is 0. The van der Waals surface area contributed by atoms with Crippen molar-refractivity contribution in [3.05, 3.63) is 24.0 Å². The van der Waals surface area contributed by atoms with Gasteiger partial charge in [-0.3, -0.25) is 4.79 Å². The molecule has 0 spiro atoms. The molecule has 0 radical (unpaired) electrons. The molecule has 3 N–H and O–H groups in total. The molecule has 2 unspecified atom stereocenters. The number of allylic oxidation sites excluding steroid dienone is 1. The number of hydrogen-bond acceptors (Lipinski definition) is 3. The van der Waals surface area contributed by atoms with Gasteiger partial charge in [0.05, 0.1) is 5.60 Å². The van der Waals surface area contributed by atoms with E-state index in [4.69, 9.17) is 10.2 Å². The Kier molecular flexibility index (Phi) is 1.94. The molecule has 0 bridgehead atoms. The van der Waals surface area contributed by atoms with Gasteiger partial charge in [-0.15, -0.1) is 0 Å². The molecule has 0 fully saturated rings. The summed E-state index contributed by atoms with van der Waals surface area (Å²) in [5.74, 6) is -2.37. The van der Waals surface area contributed by atoms with Crippen LogP contribution in [0, 0.1) is 5.92 Å². The fourth-order valence-corrected chi connectivity index (χ4v) is 1.07. The average Bonchev–Trinajstić information content (AvgIpc) is 1.94. The van der Waals surface area contributed by atoms with Crippen LogP contribution >= 0.6 is 0 Å². The monoisotopic (exact) mass is 170 g/mol. The molecule has 0 heterocycles. The van der Waals surface area contributed by atoms with Crippen molar-refractivity contribution in [3.8, 4) is 0 Å². The van der Waals surface area contributed by atoms with Crippen molar-refractivity contribution in [2.75, 3.05) is 0 Å². The van der Waals surface area contributed by atoms with E-state index in [-0.39, 0.29) is 5.76 Å². The molecular weight excluding hydrogens is 160 g/mol. The van der Waals surface area contributed by atoms with Gasteiger partial charge in [-0.2, -0.15) is 0 Å². The predicted octanol–water partition coefficient (Wildman–Crippen LogP) is 0.450. The molecule has 0 aromatic carbocycles. The van der Waals surface area contributed by atoms with Crippen LogP contribution in [-0.2, 0) is 4.79 Å². The van der Waals surface area contributed by atoms with E-state index in [1.54, 1.807) is 0 Å². The Morgan fingerprint density at radius 2 is 2.25 bits per heavy atom. The Morgan fingerprint density at radius 1 is 1.67 bits per heavy atom. The van der Waals surface area contributed by atoms with E-state index in [0.29, 0.717) is 0 Å². The van der Waals surface area contributed by atoms with Gasteiger partial charge in [-0.1, -0.05) is 0 Å². The Labute approximate surface area is 69.5 Å². The maximum Gasteiger partial charge on any atom is 0.313 e. The third-order valence-corrected chi connectivity index (χ3v) is 1.82. The molecule has 0 aromatic heterocycles. The first-order valence-corrected chi connectivity index (χ1v) is 3.48. The maximum atomic E-state index is 10.6. The van der Waals surface area contributed by atoms with Crippen LogP contribution in [-0.4, -0.2) is 26.9 Å². The normalized spacial score (nSPS) is 34.5.